The Morgan fingerprint density at radius 2 is 1.67 bits per heavy atom. The minimum absolute atomic E-state index is 1.01. The van der Waals surface area contributed by atoms with E-state index >= 15 is 0 Å². The SMILES string of the molecule is C=C(C)[Si](C)(OC)OC. The van der Waals surface area contributed by atoms with Gasteiger partial charge in [0, 0.05) is 14.2 Å². The van der Waals surface area contributed by atoms with E-state index in [9.17, 15) is 0 Å². The molecule has 54 valence electrons. The minimum Gasteiger partial charge on any atom is -0.395 e. The van der Waals surface area contributed by atoms with Crippen LogP contribution in [0.15, 0.2) is 11.8 Å². The van der Waals surface area contributed by atoms with Gasteiger partial charge in [-0.15, -0.1) is 0 Å². The molecule has 0 bridgehead atoms. The van der Waals surface area contributed by atoms with Gasteiger partial charge in [-0.3, -0.25) is 0 Å². The van der Waals surface area contributed by atoms with Crippen LogP contribution in [0.5, 0.6) is 0 Å². The molecule has 0 radical (unpaired) electrons. The number of hydrogen-bond acceptors (Lipinski definition) is 2. The standard InChI is InChI=1S/C6H14O2Si/c1-6(2)9(5,7-3)8-4/h1H2,2-5H3. The summed E-state index contributed by atoms with van der Waals surface area (Å²) < 4.78 is 10.3. The van der Waals surface area contributed by atoms with Crippen LogP contribution >= 0.6 is 0 Å². The molecule has 2 nitrogen and oxygen atoms in total. The van der Waals surface area contributed by atoms with Crippen molar-refractivity contribution in [3.05, 3.63) is 11.8 Å². The first-order valence-corrected chi connectivity index (χ1v) is 5.14. The van der Waals surface area contributed by atoms with E-state index < -0.39 is 8.56 Å². The molecule has 0 rings (SSSR count). The van der Waals surface area contributed by atoms with Crippen LogP contribution in [-0.2, 0) is 8.85 Å². The molecule has 0 spiro atoms. The van der Waals surface area contributed by atoms with E-state index in [1.54, 1.807) is 14.2 Å². The molecule has 9 heavy (non-hydrogen) atoms. The maximum absolute atomic E-state index is 5.17. The van der Waals surface area contributed by atoms with Gasteiger partial charge in [0.05, 0.1) is 0 Å². The molecule has 0 aromatic heterocycles. The molecule has 0 aromatic carbocycles. The summed E-state index contributed by atoms with van der Waals surface area (Å²) in [6.07, 6.45) is 0. The molecular weight excluding hydrogens is 132 g/mol. The molecule has 0 aliphatic heterocycles. The molecular formula is C6H14O2Si. The van der Waals surface area contributed by atoms with Crippen LogP contribution in [0.3, 0.4) is 0 Å². The highest BCUT2D eigenvalue weighted by Crippen LogP contribution is 2.12. The zero-order valence-electron chi connectivity index (χ0n) is 6.52. The molecule has 0 unspecified atom stereocenters. The lowest BCUT2D eigenvalue weighted by molar-refractivity contribution is 0.260. The average Bonchev–Trinajstić information content (AvgIpc) is 1.86. The van der Waals surface area contributed by atoms with Gasteiger partial charge in [0.25, 0.3) is 0 Å². The van der Waals surface area contributed by atoms with Gasteiger partial charge in [-0.25, -0.2) is 0 Å². The van der Waals surface area contributed by atoms with Crippen molar-refractivity contribution in [2.75, 3.05) is 14.2 Å². The molecule has 0 aromatic rings. The highest BCUT2D eigenvalue weighted by atomic mass is 28.4. The molecule has 0 aliphatic carbocycles. The average molecular weight is 146 g/mol. The maximum atomic E-state index is 5.17. The lowest BCUT2D eigenvalue weighted by Crippen LogP contribution is -2.37. The van der Waals surface area contributed by atoms with Gasteiger partial charge >= 0.3 is 8.56 Å². The van der Waals surface area contributed by atoms with E-state index in [-0.39, 0.29) is 0 Å². The van der Waals surface area contributed by atoms with Crippen LogP contribution in [0.1, 0.15) is 6.92 Å². The second-order valence-electron chi connectivity index (χ2n) is 2.13. The third-order valence-corrected chi connectivity index (χ3v) is 4.66. The Morgan fingerprint density at radius 3 is 1.67 bits per heavy atom. The topological polar surface area (TPSA) is 18.5 Å². The van der Waals surface area contributed by atoms with Crippen LogP contribution in [0.25, 0.3) is 0 Å². The van der Waals surface area contributed by atoms with Gasteiger partial charge in [-0.05, 0) is 18.7 Å². The summed E-state index contributed by atoms with van der Waals surface area (Å²) in [5.41, 5.74) is 0. The van der Waals surface area contributed by atoms with Crippen molar-refractivity contribution < 1.29 is 8.85 Å². The Bertz CT molecular complexity index is 108. The minimum atomic E-state index is -1.97. The van der Waals surface area contributed by atoms with Crippen molar-refractivity contribution in [3.8, 4) is 0 Å². The molecule has 0 heterocycles. The fraction of sp³-hybridized carbons (Fsp3) is 0.667. The zero-order valence-corrected chi connectivity index (χ0v) is 7.52. The first kappa shape index (κ1) is 8.88. The van der Waals surface area contributed by atoms with Crippen LogP contribution in [0.2, 0.25) is 6.55 Å². The summed E-state index contributed by atoms with van der Waals surface area (Å²) in [5.74, 6) is 0. The molecule has 0 fully saturated rings. The van der Waals surface area contributed by atoms with Gasteiger partial charge in [0.15, 0.2) is 0 Å². The van der Waals surface area contributed by atoms with Crippen molar-refractivity contribution in [1.82, 2.24) is 0 Å². The van der Waals surface area contributed by atoms with E-state index in [2.05, 4.69) is 6.58 Å². The monoisotopic (exact) mass is 146 g/mol. The summed E-state index contributed by atoms with van der Waals surface area (Å²) in [6, 6.07) is 0. The highest BCUT2D eigenvalue weighted by Gasteiger charge is 2.29. The van der Waals surface area contributed by atoms with Gasteiger partial charge in [-0.2, -0.15) is 0 Å². The van der Waals surface area contributed by atoms with E-state index in [0.29, 0.717) is 0 Å². The third-order valence-electron chi connectivity index (χ3n) is 1.55. The van der Waals surface area contributed by atoms with Gasteiger partial charge in [-0.1, -0.05) is 6.58 Å². The fourth-order valence-electron chi connectivity index (χ4n) is 0.432. The summed E-state index contributed by atoms with van der Waals surface area (Å²) >= 11 is 0. The molecule has 0 saturated heterocycles. The summed E-state index contributed by atoms with van der Waals surface area (Å²) in [6.45, 7) is 7.68. The smallest absolute Gasteiger partial charge is 0.363 e. The Hall–Kier alpha value is -0.123. The Labute approximate surface area is 57.7 Å². The number of allylic oxidation sites excluding steroid dienone is 1. The lowest BCUT2D eigenvalue weighted by Gasteiger charge is -2.22. The van der Waals surface area contributed by atoms with Crippen molar-refractivity contribution in [3.63, 3.8) is 0 Å². The summed E-state index contributed by atoms with van der Waals surface area (Å²) in [4.78, 5) is 0. The van der Waals surface area contributed by atoms with Gasteiger partial charge in [0.1, 0.15) is 0 Å². The Morgan fingerprint density at radius 1 is 1.33 bits per heavy atom. The molecule has 0 aliphatic rings. The van der Waals surface area contributed by atoms with Gasteiger partial charge in [0.2, 0.25) is 0 Å². The van der Waals surface area contributed by atoms with Crippen LogP contribution < -0.4 is 0 Å². The first-order valence-electron chi connectivity index (χ1n) is 2.83. The summed E-state index contributed by atoms with van der Waals surface area (Å²) in [7, 11) is 1.35. The zero-order chi connectivity index (χ0) is 7.49. The quantitative estimate of drug-likeness (QED) is 0.561. The fourth-order valence-corrected chi connectivity index (χ4v) is 1.30. The lowest BCUT2D eigenvalue weighted by atomic mass is 10.8. The van der Waals surface area contributed by atoms with E-state index in [4.69, 9.17) is 8.85 Å². The van der Waals surface area contributed by atoms with Crippen molar-refractivity contribution in [2.24, 2.45) is 0 Å². The molecule has 3 heteroatoms. The van der Waals surface area contributed by atoms with Crippen LogP contribution in [-0.4, -0.2) is 22.8 Å². The van der Waals surface area contributed by atoms with E-state index in [1.807, 2.05) is 13.5 Å². The molecule has 0 N–H and O–H groups in total. The van der Waals surface area contributed by atoms with Crippen molar-refractivity contribution in [2.45, 2.75) is 13.5 Å². The summed E-state index contributed by atoms with van der Waals surface area (Å²) in [5, 5.41) is 1.01. The predicted octanol–water partition coefficient (Wildman–Crippen LogP) is 1.47. The van der Waals surface area contributed by atoms with Crippen LogP contribution in [0, 0.1) is 0 Å². The van der Waals surface area contributed by atoms with Crippen molar-refractivity contribution >= 4 is 8.56 Å². The highest BCUT2D eigenvalue weighted by molar-refractivity contribution is 6.73. The van der Waals surface area contributed by atoms with Gasteiger partial charge < -0.3 is 8.85 Å². The second kappa shape index (κ2) is 3.15. The predicted molar refractivity (Wildman–Crippen MR) is 40.5 cm³/mol. The molecule has 0 amide bonds. The molecule has 0 atom stereocenters. The number of hydrogen-bond donors (Lipinski definition) is 0. The van der Waals surface area contributed by atoms with Crippen LogP contribution in [0.4, 0.5) is 0 Å². The first-order chi connectivity index (χ1) is 4.06. The van der Waals surface area contributed by atoms with E-state index in [1.165, 1.54) is 0 Å². The van der Waals surface area contributed by atoms with E-state index in [0.717, 1.165) is 5.20 Å². The Balaban J connectivity index is 4.09. The Kier molecular flexibility index (Phi) is 3.11. The largest absolute Gasteiger partial charge is 0.395 e. The van der Waals surface area contributed by atoms with Crippen molar-refractivity contribution in [1.29, 1.82) is 0 Å². The maximum Gasteiger partial charge on any atom is 0.363 e. The third kappa shape index (κ3) is 1.93. The molecule has 0 saturated carbocycles. The second-order valence-corrected chi connectivity index (χ2v) is 5.70. The normalized spacial score (nSPS) is 11.6. The number of rotatable bonds is 3.